The van der Waals surface area contributed by atoms with Gasteiger partial charge in [0.05, 0.1) is 21.6 Å². The van der Waals surface area contributed by atoms with Crippen molar-refractivity contribution in [3.05, 3.63) is 53.5 Å². The molecule has 0 spiro atoms. The highest BCUT2D eigenvalue weighted by atomic mass is 32.1. The van der Waals surface area contributed by atoms with Crippen LogP contribution in [0.5, 0.6) is 0 Å². The molecule has 182 valence electrons. The molecule has 2 aromatic heterocycles. The van der Waals surface area contributed by atoms with Crippen LogP contribution in [0, 0.1) is 5.82 Å². The van der Waals surface area contributed by atoms with Gasteiger partial charge in [-0.3, -0.25) is 9.20 Å². The number of carbonyl (C=O) groups is 1. The van der Waals surface area contributed by atoms with Gasteiger partial charge >= 0.3 is 0 Å². The van der Waals surface area contributed by atoms with E-state index >= 15 is 4.39 Å². The number of aromatic nitrogens is 2. The fraction of sp³-hybridized carbons (Fsp3) is 0.407. The lowest BCUT2D eigenvalue weighted by molar-refractivity contribution is 0.0976. The Labute approximate surface area is 206 Å². The number of anilines is 1. The molecule has 0 aliphatic carbocycles. The Balaban J connectivity index is 1.14. The lowest BCUT2D eigenvalue weighted by Crippen LogP contribution is -2.35. The number of piperidine rings is 1. The molecule has 2 aliphatic rings. The summed E-state index contributed by atoms with van der Waals surface area (Å²) < 4.78 is 31.3. The number of halogens is 2. The number of nitrogens with one attached hydrogen (secondary N) is 1. The molecule has 5 nitrogen and oxygen atoms in total. The second-order valence-electron chi connectivity index (χ2n) is 9.60. The average Bonchev–Trinajstić information content (AvgIpc) is 3.57. The van der Waals surface area contributed by atoms with E-state index < -0.39 is 6.17 Å². The first kappa shape index (κ1) is 22.6. The zero-order valence-corrected chi connectivity index (χ0v) is 20.3. The number of nitrogens with zero attached hydrogens (tertiary/aromatic N) is 3. The van der Waals surface area contributed by atoms with Crippen LogP contribution in [0.15, 0.2) is 36.5 Å². The monoisotopic (exact) mass is 494 g/mol. The molecule has 1 saturated heterocycles. The van der Waals surface area contributed by atoms with Gasteiger partial charge in [-0.1, -0.05) is 17.4 Å². The zero-order valence-electron chi connectivity index (χ0n) is 19.5. The maximum atomic E-state index is 15.0. The number of fused-ring (bicyclic) bond motifs is 4. The number of unbranched alkanes of at least 4 members (excludes halogenated alkanes) is 1. The highest BCUT2D eigenvalue weighted by Gasteiger charge is 2.21. The number of carbonyl (C=O) groups excluding carboxylic acids is 1. The van der Waals surface area contributed by atoms with E-state index in [-0.39, 0.29) is 11.6 Å². The Morgan fingerprint density at radius 2 is 2.03 bits per heavy atom. The third kappa shape index (κ3) is 4.34. The van der Waals surface area contributed by atoms with Crippen LogP contribution in [-0.2, 0) is 6.42 Å². The Morgan fingerprint density at radius 3 is 2.89 bits per heavy atom. The van der Waals surface area contributed by atoms with Crippen molar-refractivity contribution < 1.29 is 13.6 Å². The Morgan fingerprint density at radius 1 is 1.17 bits per heavy atom. The molecule has 0 bridgehead atoms. The third-order valence-electron chi connectivity index (χ3n) is 7.26. The van der Waals surface area contributed by atoms with Crippen LogP contribution in [0.1, 0.15) is 48.0 Å². The quantitative estimate of drug-likeness (QED) is 0.249. The number of imidazole rings is 1. The van der Waals surface area contributed by atoms with E-state index in [1.54, 1.807) is 0 Å². The maximum Gasteiger partial charge on any atom is 0.195 e. The molecule has 0 unspecified atom stereocenters. The summed E-state index contributed by atoms with van der Waals surface area (Å²) in [5.74, 6) is -0.0938. The molecule has 8 heteroatoms. The molecule has 2 aliphatic heterocycles. The summed E-state index contributed by atoms with van der Waals surface area (Å²) in [5.41, 5.74) is 4.41. The van der Waals surface area contributed by atoms with Gasteiger partial charge in [-0.15, -0.1) is 0 Å². The smallest absolute Gasteiger partial charge is 0.195 e. The summed E-state index contributed by atoms with van der Waals surface area (Å²) >= 11 is 1.51. The van der Waals surface area contributed by atoms with Crippen LogP contribution in [-0.4, -0.2) is 52.4 Å². The van der Waals surface area contributed by atoms with Gasteiger partial charge in [0.1, 0.15) is 6.17 Å². The average molecular weight is 495 g/mol. The highest BCUT2D eigenvalue weighted by molar-refractivity contribution is 7.23. The van der Waals surface area contributed by atoms with E-state index in [9.17, 15) is 9.18 Å². The van der Waals surface area contributed by atoms with Crippen LogP contribution >= 0.6 is 11.3 Å². The number of alkyl halides is 1. The zero-order chi connectivity index (χ0) is 23.9. The van der Waals surface area contributed by atoms with Crippen molar-refractivity contribution in [2.45, 2.75) is 44.7 Å². The Bertz CT molecular complexity index is 1400. The first-order valence-corrected chi connectivity index (χ1v) is 13.3. The van der Waals surface area contributed by atoms with Gasteiger partial charge < -0.3 is 10.2 Å². The second kappa shape index (κ2) is 9.32. The fourth-order valence-corrected chi connectivity index (χ4v) is 6.28. The minimum absolute atomic E-state index is 0.147. The standard InChI is InChI=1S/C27H28F2N4OS/c28-19-9-13-32(14-10-19)12-2-1-3-23(34)18-5-7-22-24(15-18)35-27-31-21(16-33(22)27)20-6-4-17-8-11-30-26(17)25(20)29/h4-7,15-16,19,30H,1-3,8-14H2. The number of likely N-dealkylation sites (tertiary alicyclic amines) is 1. The first-order valence-electron chi connectivity index (χ1n) is 12.4. The van der Waals surface area contributed by atoms with Gasteiger partial charge in [0.2, 0.25) is 0 Å². The van der Waals surface area contributed by atoms with Crippen LogP contribution < -0.4 is 5.32 Å². The fourth-order valence-electron chi connectivity index (χ4n) is 5.23. The highest BCUT2D eigenvalue weighted by Crippen LogP contribution is 2.35. The van der Waals surface area contributed by atoms with Gasteiger partial charge in [0.25, 0.3) is 0 Å². The van der Waals surface area contributed by atoms with Gasteiger partial charge in [-0.25, -0.2) is 13.8 Å². The molecular formula is C27H28F2N4OS. The van der Waals surface area contributed by atoms with Crippen LogP contribution in [0.2, 0.25) is 0 Å². The van der Waals surface area contributed by atoms with Gasteiger partial charge in [-0.05, 0) is 68.5 Å². The molecular weight excluding hydrogens is 466 g/mol. The third-order valence-corrected chi connectivity index (χ3v) is 8.28. The van der Waals surface area contributed by atoms with E-state index in [1.807, 2.05) is 40.9 Å². The molecule has 4 aromatic rings. The number of hydrogen-bond acceptors (Lipinski definition) is 5. The molecule has 0 amide bonds. The van der Waals surface area contributed by atoms with E-state index in [0.29, 0.717) is 36.2 Å². The molecule has 1 fully saturated rings. The van der Waals surface area contributed by atoms with Crippen molar-refractivity contribution in [3.8, 4) is 11.3 Å². The Kier molecular flexibility index (Phi) is 6.02. The molecule has 1 N–H and O–H groups in total. The van der Waals surface area contributed by atoms with Crippen molar-refractivity contribution in [1.82, 2.24) is 14.3 Å². The summed E-state index contributed by atoms with van der Waals surface area (Å²) in [7, 11) is 0. The molecule has 6 rings (SSSR count). The molecule has 35 heavy (non-hydrogen) atoms. The van der Waals surface area contributed by atoms with Crippen molar-refractivity contribution in [1.29, 1.82) is 0 Å². The number of Topliss-reactive ketones (excluding diaryl/α,β-unsaturated/α-hetero) is 1. The molecule has 0 saturated carbocycles. The molecule has 4 heterocycles. The van der Waals surface area contributed by atoms with Crippen LogP contribution in [0.25, 0.3) is 26.4 Å². The lowest BCUT2D eigenvalue weighted by atomic mass is 10.0. The number of ketones is 1. The number of hydrogen-bond donors (Lipinski definition) is 1. The topological polar surface area (TPSA) is 49.6 Å². The summed E-state index contributed by atoms with van der Waals surface area (Å²) in [6.45, 7) is 3.34. The van der Waals surface area contributed by atoms with Crippen molar-refractivity contribution in [2.24, 2.45) is 0 Å². The normalized spacial score (nSPS) is 16.7. The molecule has 2 aromatic carbocycles. The van der Waals surface area contributed by atoms with E-state index in [4.69, 9.17) is 4.98 Å². The van der Waals surface area contributed by atoms with E-state index in [2.05, 4.69) is 10.2 Å². The summed E-state index contributed by atoms with van der Waals surface area (Å²) in [6, 6.07) is 9.57. The molecule has 0 radical (unpaired) electrons. The minimum Gasteiger partial charge on any atom is -0.382 e. The number of benzene rings is 2. The number of thiazole rings is 1. The molecule has 0 atom stereocenters. The van der Waals surface area contributed by atoms with Gasteiger partial charge in [0, 0.05) is 43.4 Å². The summed E-state index contributed by atoms with van der Waals surface area (Å²) in [6.07, 6.45) is 5.64. The lowest BCUT2D eigenvalue weighted by Gasteiger charge is -2.28. The van der Waals surface area contributed by atoms with E-state index in [1.165, 1.54) is 11.3 Å². The summed E-state index contributed by atoms with van der Waals surface area (Å²) in [5, 5.41) is 3.13. The van der Waals surface area contributed by atoms with Crippen molar-refractivity contribution >= 4 is 38.0 Å². The van der Waals surface area contributed by atoms with Gasteiger partial charge in [0.15, 0.2) is 16.6 Å². The first-order chi connectivity index (χ1) is 17.1. The summed E-state index contributed by atoms with van der Waals surface area (Å²) in [4.78, 5) is 20.5. The maximum absolute atomic E-state index is 15.0. The van der Waals surface area contributed by atoms with Crippen molar-refractivity contribution in [2.75, 3.05) is 31.5 Å². The predicted molar refractivity (Wildman–Crippen MR) is 137 cm³/mol. The number of rotatable bonds is 7. The van der Waals surface area contributed by atoms with E-state index in [0.717, 1.165) is 71.7 Å². The predicted octanol–water partition coefficient (Wildman–Crippen LogP) is 6.11. The van der Waals surface area contributed by atoms with Crippen LogP contribution in [0.3, 0.4) is 0 Å². The van der Waals surface area contributed by atoms with Crippen molar-refractivity contribution in [3.63, 3.8) is 0 Å². The largest absolute Gasteiger partial charge is 0.382 e. The van der Waals surface area contributed by atoms with Gasteiger partial charge in [-0.2, -0.15) is 0 Å². The second-order valence-corrected chi connectivity index (χ2v) is 10.6. The Hall–Kier alpha value is -2.84. The SMILES string of the molecule is O=C(CCCCN1CCC(F)CC1)c1ccc2c(c1)sc1nc(-c3ccc4c(c3F)NCC4)cn12. The minimum atomic E-state index is -0.646. The van der Waals surface area contributed by atoms with Crippen LogP contribution in [0.4, 0.5) is 14.5 Å².